The molecule has 2 aromatic carbocycles. The second-order valence-corrected chi connectivity index (χ2v) is 10.5. The summed E-state index contributed by atoms with van der Waals surface area (Å²) in [6.45, 7) is 3.80. The molecular formula is C27H33N5OS2. The summed E-state index contributed by atoms with van der Waals surface area (Å²) in [5, 5.41) is 7.07. The van der Waals surface area contributed by atoms with Crippen LogP contribution in [0.5, 0.6) is 0 Å². The lowest BCUT2D eigenvalue weighted by molar-refractivity contribution is 0.0737. The number of hydrogen-bond acceptors (Lipinski definition) is 5. The number of nitrogens with one attached hydrogen (secondary N) is 1. The number of benzene rings is 2. The quantitative estimate of drug-likeness (QED) is 0.437. The molecule has 1 atom stereocenters. The van der Waals surface area contributed by atoms with Crippen molar-refractivity contribution in [1.82, 2.24) is 14.8 Å². The Hall–Kier alpha value is -2.97. The topological polar surface area (TPSA) is 51.7 Å². The molecule has 1 unspecified atom stereocenters. The number of carbonyl (C=O) groups is 1. The summed E-state index contributed by atoms with van der Waals surface area (Å²) < 4.78 is 0. The zero-order valence-corrected chi connectivity index (χ0v) is 22.4. The van der Waals surface area contributed by atoms with E-state index in [2.05, 4.69) is 39.4 Å². The highest BCUT2D eigenvalue weighted by Crippen LogP contribution is 2.31. The summed E-state index contributed by atoms with van der Waals surface area (Å²) in [5.41, 5.74) is 3.81. The summed E-state index contributed by atoms with van der Waals surface area (Å²) >= 11 is 7.26. The standard InChI is InChI=1S/C27H33N5OS2/c1-19(20-8-6-5-7-9-20)31(4)26(33)24-18-35-25(29-24)21-14-16-32(17-15-21)27(34)28-22-10-12-23(13-11-22)30(2)3/h5-13,18-19,21H,14-17H2,1-4H3,(H,28,34). The molecule has 1 amide bonds. The molecule has 1 fully saturated rings. The number of anilines is 2. The molecule has 1 N–H and O–H groups in total. The third kappa shape index (κ3) is 6.00. The van der Waals surface area contributed by atoms with Crippen LogP contribution < -0.4 is 10.2 Å². The van der Waals surface area contributed by atoms with Crippen LogP contribution in [0.3, 0.4) is 0 Å². The van der Waals surface area contributed by atoms with Crippen molar-refractivity contribution in [3.05, 3.63) is 76.2 Å². The third-order valence-corrected chi connectivity index (χ3v) is 8.06. The molecule has 2 heterocycles. The molecular weight excluding hydrogens is 474 g/mol. The second kappa shape index (κ2) is 11.2. The van der Waals surface area contributed by atoms with E-state index in [0.717, 1.165) is 53.0 Å². The van der Waals surface area contributed by atoms with Crippen LogP contribution in [-0.4, -0.2) is 60.0 Å². The Bertz CT molecular complexity index is 1140. The van der Waals surface area contributed by atoms with Crippen LogP contribution >= 0.6 is 23.6 Å². The first-order valence-electron chi connectivity index (χ1n) is 11.9. The Morgan fingerprint density at radius 3 is 2.37 bits per heavy atom. The number of thiazole rings is 1. The van der Waals surface area contributed by atoms with Crippen molar-refractivity contribution in [3.8, 4) is 0 Å². The molecule has 1 saturated heterocycles. The van der Waals surface area contributed by atoms with Gasteiger partial charge in [0.1, 0.15) is 5.69 Å². The van der Waals surface area contributed by atoms with Crippen molar-refractivity contribution in [2.45, 2.75) is 31.7 Å². The molecule has 0 radical (unpaired) electrons. The zero-order chi connectivity index (χ0) is 24.9. The second-order valence-electron chi connectivity index (χ2n) is 9.21. The number of hydrogen-bond donors (Lipinski definition) is 1. The number of carbonyl (C=O) groups excluding carboxylic acids is 1. The third-order valence-electron chi connectivity index (χ3n) is 6.69. The van der Waals surface area contributed by atoms with E-state index in [4.69, 9.17) is 17.2 Å². The van der Waals surface area contributed by atoms with Crippen LogP contribution in [0, 0.1) is 0 Å². The highest BCUT2D eigenvalue weighted by molar-refractivity contribution is 7.80. The number of aromatic nitrogens is 1. The summed E-state index contributed by atoms with van der Waals surface area (Å²) in [4.78, 5) is 23.9. The number of thiocarbonyl (C=S) groups is 1. The van der Waals surface area contributed by atoms with Crippen molar-refractivity contribution in [2.75, 3.05) is 44.4 Å². The zero-order valence-electron chi connectivity index (χ0n) is 20.8. The van der Waals surface area contributed by atoms with Crippen LogP contribution in [-0.2, 0) is 0 Å². The van der Waals surface area contributed by atoms with E-state index in [1.54, 1.807) is 16.2 Å². The summed E-state index contributed by atoms with van der Waals surface area (Å²) in [6, 6.07) is 18.3. The Morgan fingerprint density at radius 2 is 1.74 bits per heavy atom. The maximum Gasteiger partial charge on any atom is 0.273 e. The van der Waals surface area contributed by atoms with E-state index in [-0.39, 0.29) is 11.9 Å². The van der Waals surface area contributed by atoms with Gasteiger partial charge in [-0.3, -0.25) is 4.79 Å². The van der Waals surface area contributed by atoms with Gasteiger partial charge in [-0.05, 0) is 61.8 Å². The normalized spacial score (nSPS) is 14.9. The van der Waals surface area contributed by atoms with E-state index in [1.807, 2.05) is 63.8 Å². The van der Waals surface area contributed by atoms with E-state index >= 15 is 0 Å². The van der Waals surface area contributed by atoms with Crippen LogP contribution in [0.25, 0.3) is 0 Å². The molecule has 1 aliphatic heterocycles. The minimum atomic E-state index is -0.0352. The highest BCUT2D eigenvalue weighted by atomic mass is 32.1. The summed E-state index contributed by atoms with van der Waals surface area (Å²) in [6.07, 6.45) is 1.94. The average Bonchev–Trinajstić information content (AvgIpc) is 3.38. The largest absolute Gasteiger partial charge is 0.378 e. The number of amides is 1. The molecule has 0 spiro atoms. The van der Waals surface area contributed by atoms with Gasteiger partial charge in [0.2, 0.25) is 0 Å². The van der Waals surface area contributed by atoms with Crippen molar-refractivity contribution in [1.29, 1.82) is 0 Å². The molecule has 4 rings (SSSR count). The molecule has 0 aliphatic carbocycles. The Balaban J connectivity index is 1.31. The van der Waals surface area contributed by atoms with E-state index in [1.165, 1.54) is 0 Å². The fourth-order valence-electron chi connectivity index (χ4n) is 4.26. The summed E-state index contributed by atoms with van der Waals surface area (Å²) in [5.74, 6) is 0.323. The lowest BCUT2D eigenvalue weighted by atomic mass is 9.98. The Labute approximate surface area is 217 Å². The molecule has 8 heteroatoms. The molecule has 6 nitrogen and oxygen atoms in total. The van der Waals surface area contributed by atoms with Crippen molar-refractivity contribution in [3.63, 3.8) is 0 Å². The molecule has 1 aliphatic rings. The van der Waals surface area contributed by atoms with Gasteiger partial charge in [-0.2, -0.15) is 0 Å². The molecule has 3 aromatic rings. The lowest BCUT2D eigenvalue weighted by Gasteiger charge is -2.33. The first-order chi connectivity index (χ1) is 16.8. The average molecular weight is 508 g/mol. The summed E-state index contributed by atoms with van der Waals surface area (Å²) in [7, 11) is 5.91. The van der Waals surface area contributed by atoms with Crippen LogP contribution in [0.15, 0.2) is 60.0 Å². The number of rotatable bonds is 6. The molecule has 35 heavy (non-hydrogen) atoms. The first kappa shape index (κ1) is 25.1. The van der Waals surface area contributed by atoms with E-state index < -0.39 is 0 Å². The Morgan fingerprint density at radius 1 is 1.09 bits per heavy atom. The molecule has 184 valence electrons. The van der Waals surface area contributed by atoms with Crippen molar-refractivity contribution in [2.24, 2.45) is 0 Å². The van der Waals surface area contributed by atoms with Gasteiger partial charge in [0.05, 0.1) is 11.0 Å². The monoisotopic (exact) mass is 507 g/mol. The predicted octanol–water partition coefficient (Wildman–Crippen LogP) is 5.62. The molecule has 0 saturated carbocycles. The van der Waals surface area contributed by atoms with Gasteiger partial charge in [0.25, 0.3) is 5.91 Å². The van der Waals surface area contributed by atoms with E-state index in [9.17, 15) is 4.79 Å². The molecule has 0 bridgehead atoms. The number of piperidine rings is 1. The number of nitrogens with zero attached hydrogens (tertiary/aromatic N) is 4. The van der Waals surface area contributed by atoms with Crippen LogP contribution in [0.1, 0.15) is 52.8 Å². The van der Waals surface area contributed by atoms with Gasteiger partial charge in [0.15, 0.2) is 5.11 Å². The van der Waals surface area contributed by atoms with Gasteiger partial charge in [0, 0.05) is 56.9 Å². The maximum absolute atomic E-state index is 13.1. The highest BCUT2D eigenvalue weighted by Gasteiger charge is 2.27. The predicted molar refractivity (Wildman–Crippen MR) is 150 cm³/mol. The van der Waals surface area contributed by atoms with Gasteiger partial charge < -0.3 is 20.0 Å². The molecule has 1 aromatic heterocycles. The maximum atomic E-state index is 13.1. The van der Waals surface area contributed by atoms with Gasteiger partial charge >= 0.3 is 0 Å². The minimum Gasteiger partial charge on any atom is -0.378 e. The van der Waals surface area contributed by atoms with Gasteiger partial charge in [-0.1, -0.05) is 30.3 Å². The van der Waals surface area contributed by atoms with E-state index in [0.29, 0.717) is 11.6 Å². The fraction of sp³-hybridized carbons (Fsp3) is 0.370. The van der Waals surface area contributed by atoms with Crippen molar-refractivity contribution >= 4 is 45.9 Å². The van der Waals surface area contributed by atoms with Gasteiger partial charge in [-0.15, -0.1) is 11.3 Å². The van der Waals surface area contributed by atoms with Crippen molar-refractivity contribution < 1.29 is 4.79 Å². The SMILES string of the molecule is CC(c1ccccc1)N(C)C(=O)c1csc(C2CCN(C(=S)Nc3ccc(N(C)C)cc3)CC2)n1. The number of likely N-dealkylation sites (tertiary alicyclic amines) is 1. The minimum absolute atomic E-state index is 0.00955. The van der Waals surface area contributed by atoms with Crippen LogP contribution in [0.2, 0.25) is 0 Å². The Kier molecular flexibility index (Phi) is 8.03. The fourth-order valence-corrected chi connectivity index (χ4v) is 5.53. The van der Waals surface area contributed by atoms with Crippen LogP contribution in [0.4, 0.5) is 11.4 Å². The lowest BCUT2D eigenvalue weighted by Crippen LogP contribution is -2.40. The van der Waals surface area contributed by atoms with Gasteiger partial charge in [-0.25, -0.2) is 4.98 Å². The first-order valence-corrected chi connectivity index (χ1v) is 13.2. The smallest absolute Gasteiger partial charge is 0.273 e.